The number of benzene rings is 2. The van der Waals surface area contributed by atoms with Crippen molar-refractivity contribution < 1.29 is 14.8 Å². The van der Waals surface area contributed by atoms with E-state index in [4.69, 9.17) is 0 Å². The number of nitrogens with zero attached hydrogens (tertiary/aromatic N) is 2. The zero-order chi connectivity index (χ0) is 13.8. The van der Waals surface area contributed by atoms with Crippen LogP contribution in [-0.4, -0.2) is 16.1 Å². The predicted molar refractivity (Wildman–Crippen MR) is 69.7 cm³/mol. The number of carboxylic acid groups (broad SMARTS) is 1. The summed E-state index contributed by atoms with van der Waals surface area (Å²) in [5.41, 5.74) is 0.746. The maximum absolute atomic E-state index is 11.3. The van der Waals surface area contributed by atoms with E-state index in [2.05, 4.69) is 0 Å². The maximum atomic E-state index is 11.3. The fourth-order valence-corrected chi connectivity index (χ4v) is 1.67. The average molecular weight is 258 g/mol. The van der Waals surface area contributed by atoms with Crippen LogP contribution in [0.15, 0.2) is 54.6 Å². The van der Waals surface area contributed by atoms with Gasteiger partial charge in [-0.05, 0) is 24.3 Å². The summed E-state index contributed by atoms with van der Waals surface area (Å²) in [6.45, 7) is 0. The van der Waals surface area contributed by atoms with Gasteiger partial charge in [-0.25, -0.2) is 9.69 Å². The Kier molecular flexibility index (Phi) is 3.42. The van der Waals surface area contributed by atoms with Crippen LogP contribution in [0, 0.1) is 10.1 Å². The normalized spacial score (nSPS) is 9.89. The first kappa shape index (κ1) is 12.6. The molecule has 0 saturated heterocycles. The van der Waals surface area contributed by atoms with Gasteiger partial charge in [-0.1, -0.05) is 18.2 Å². The second-order valence-corrected chi connectivity index (χ2v) is 3.73. The number of hydrogen-bond donors (Lipinski definition) is 1. The van der Waals surface area contributed by atoms with Crippen molar-refractivity contribution in [3.05, 3.63) is 64.7 Å². The third-order valence-electron chi connectivity index (χ3n) is 2.52. The van der Waals surface area contributed by atoms with Gasteiger partial charge in [0.05, 0.1) is 16.3 Å². The highest BCUT2D eigenvalue weighted by molar-refractivity contribution is 5.94. The largest absolute Gasteiger partial charge is 0.464 e. The molecule has 2 aromatic carbocycles. The molecule has 19 heavy (non-hydrogen) atoms. The second kappa shape index (κ2) is 5.18. The van der Waals surface area contributed by atoms with Crippen molar-refractivity contribution in [3.63, 3.8) is 0 Å². The van der Waals surface area contributed by atoms with Crippen molar-refractivity contribution in [1.82, 2.24) is 0 Å². The third-order valence-corrected chi connectivity index (χ3v) is 2.52. The topological polar surface area (TPSA) is 83.7 Å². The highest BCUT2D eigenvalue weighted by Crippen LogP contribution is 2.26. The van der Waals surface area contributed by atoms with Crippen LogP contribution in [0.25, 0.3) is 0 Å². The molecule has 0 atom stereocenters. The molecule has 0 saturated carbocycles. The second-order valence-electron chi connectivity index (χ2n) is 3.73. The van der Waals surface area contributed by atoms with Gasteiger partial charge in [0.2, 0.25) is 0 Å². The lowest BCUT2D eigenvalue weighted by molar-refractivity contribution is -0.384. The minimum atomic E-state index is -1.15. The summed E-state index contributed by atoms with van der Waals surface area (Å²) in [5.74, 6) is 0. The van der Waals surface area contributed by atoms with Gasteiger partial charge in [0.15, 0.2) is 0 Å². The van der Waals surface area contributed by atoms with Gasteiger partial charge in [0.1, 0.15) is 0 Å². The first-order chi connectivity index (χ1) is 9.09. The van der Waals surface area contributed by atoms with Crippen LogP contribution in [0.2, 0.25) is 0 Å². The molecule has 2 aromatic rings. The van der Waals surface area contributed by atoms with Crippen LogP contribution in [0.1, 0.15) is 0 Å². The molecule has 0 aliphatic heterocycles. The molecule has 6 nitrogen and oxygen atoms in total. The van der Waals surface area contributed by atoms with Gasteiger partial charge < -0.3 is 5.11 Å². The Balaban J connectivity index is 2.40. The predicted octanol–water partition coefficient (Wildman–Crippen LogP) is 3.41. The summed E-state index contributed by atoms with van der Waals surface area (Å²) in [6, 6.07) is 13.9. The third kappa shape index (κ3) is 2.68. The SMILES string of the molecule is O=C(O)N(c1ccccc1)c1ccc([N+](=O)[O-])cc1. The summed E-state index contributed by atoms with van der Waals surface area (Å²) in [5, 5.41) is 19.8. The fraction of sp³-hybridized carbons (Fsp3) is 0. The van der Waals surface area contributed by atoms with Crippen LogP contribution in [0.4, 0.5) is 21.9 Å². The van der Waals surface area contributed by atoms with Crippen molar-refractivity contribution in [2.75, 3.05) is 4.90 Å². The quantitative estimate of drug-likeness (QED) is 0.675. The van der Waals surface area contributed by atoms with Crippen LogP contribution < -0.4 is 4.90 Å². The van der Waals surface area contributed by atoms with E-state index in [0.29, 0.717) is 11.4 Å². The first-order valence-electron chi connectivity index (χ1n) is 5.42. The van der Waals surface area contributed by atoms with Gasteiger partial charge in [-0.3, -0.25) is 10.1 Å². The van der Waals surface area contributed by atoms with Crippen molar-refractivity contribution >= 4 is 23.2 Å². The molecular weight excluding hydrogens is 248 g/mol. The van der Waals surface area contributed by atoms with Gasteiger partial charge in [0, 0.05) is 12.1 Å². The average Bonchev–Trinajstić information content (AvgIpc) is 2.40. The highest BCUT2D eigenvalue weighted by atomic mass is 16.6. The van der Waals surface area contributed by atoms with Crippen LogP contribution >= 0.6 is 0 Å². The number of rotatable bonds is 3. The molecule has 0 aliphatic carbocycles. The highest BCUT2D eigenvalue weighted by Gasteiger charge is 2.17. The van der Waals surface area contributed by atoms with Gasteiger partial charge >= 0.3 is 6.09 Å². The Morgan fingerprint density at radius 2 is 1.53 bits per heavy atom. The van der Waals surface area contributed by atoms with Crippen LogP contribution in [0.3, 0.4) is 0 Å². The number of amides is 1. The smallest absolute Gasteiger partial charge is 0.416 e. The van der Waals surface area contributed by atoms with E-state index in [0.717, 1.165) is 4.90 Å². The lowest BCUT2D eigenvalue weighted by Crippen LogP contribution is -2.23. The molecule has 6 heteroatoms. The Bertz CT molecular complexity index is 596. The summed E-state index contributed by atoms with van der Waals surface area (Å²) in [4.78, 5) is 22.4. The molecule has 0 unspecified atom stereocenters. The summed E-state index contributed by atoms with van der Waals surface area (Å²) in [7, 11) is 0. The Morgan fingerprint density at radius 1 is 1.00 bits per heavy atom. The number of nitro benzene ring substituents is 1. The van der Waals surface area contributed by atoms with E-state index in [1.54, 1.807) is 30.3 Å². The number of anilines is 2. The minimum absolute atomic E-state index is 0.0813. The monoisotopic (exact) mass is 258 g/mol. The molecule has 0 spiro atoms. The van der Waals surface area contributed by atoms with E-state index in [1.165, 1.54) is 24.3 Å². The number of non-ortho nitro benzene ring substituents is 1. The van der Waals surface area contributed by atoms with E-state index in [1.807, 2.05) is 0 Å². The van der Waals surface area contributed by atoms with Crippen molar-refractivity contribution in [1.29, 1.82) is 0 Å². The van der Waals surface area contributed by atoms with Crippen molar-refractivity contribution in [2.24, 2.45) is 0 Å². The number of carbonyl (C=O) groups is 1. The molecule has 96 valence electrons. The van der Waals surface area contributed by atoms with Crippen molar-refractivity contribution in [2.45, 2.75) is 0 Å². The lowest BCUT2D eigenvalue weighted by Gasteiger charge is -2.19. The van der Waals surface area contributed by atoms with Gasteiger partial charge in [0.25, 0.3) is 5.69 Å². The Morgan fingerprint density at radius 3 is 2.00 bits per heavy atom. The van der Waals surface area contributed by atoms with Crippen LogP contribution in [-0.2, 0) is 0 Å². The van der Waals surface area contributed by atoms with E-state index < -0.39 is 11.0 Å². The minimum Gasteiger partial charge on any atom is -0.464 e. The Labute approximate surface area is 108 Å². The van der Waals surface area contributed by atoms with E-state index in [9.17, 15) is 20.0 Å². The maximum Gasteiger partial charge on any atom is 0.416 e. The summed E-state index contributed by atoms with van der Waals surface area (Å²) < 4.78 is 0. The molecule has 2 rings (SSSR count). The number of para-hydroxylation sites is 1. The molecule has 0 fully saturated rings. The summed E-state index contributed by atoms with van der Waals surface area (Å²) in [6.07, 6.45) is -1.15. The number of hydrogen-bond acceptors (Lipinski definition) is 3. The van der Waals surface area contributed by atoms with Gasteiger partial charge in [-0.15, -0.1) is 0 Å². The molecule has 0 aliphatic rings. The summed E-state index contributed by atoms with van der Waals surface area (Å²) >= 11 is 0. The fourth-order valence-electron chi connectivity index (χ4n) is 1.67. The Hall–Kier alpha value is -2.89. The first-order valence-corrected chi connectivity index (χ1v) is 5.42. The molecular formula is C13H10N2O4. The molecule has 0 bridgehead atoms. The van der Waals surface area contributed by atoms with Crippen LogP contribution in [0.5, 0.6) is 0 Å². The van der Waals surface area contributed by atoms with E-state index in [-0.39, 0.29) is 5.69 Å². The standard InChI is InChI=1S/C13H10N2O4/c16-13(17)14(10-4-2-1-3-5-10)11-6-8-12(9-7-11)15(18)19/h1-9H,(H,16,17). The molecule has 1 amide bonds. The lowest BCUT2D eigenvalue weighted by atomic mass is 10.2. The molecule has 0 radical (unpaired) electrons. The van der Waals surface area contributed by atoms with Gasteiger partial charge in [-0.2, -0.15) is 0 Å². The van der Waals surface area contributed by atoms with E-state index >= 15 is 0 Å². The van der Waals surface area contributed by atoms with Crippen molar-refractivity contribution in [3.8, 4) is 0 Å². The number of nitro groups is 1. The zero-order valence-corrected chi connectivity index (χ0v) is 9.76. The molecule has 0 aromatic heterocycles. The zero-order valence-electron chi connectivity index (χ0n) is 9.76. The molecule has 1 N–H and O–H groups in total. The molecule has 0 heterocycles.